The molecule has 1 unspecified atom stereocenters. The Morgan fingerprint density at radius 3 is 2.40 bits per heavy atom. The maximum Gasteiger partial charge on any atom is 0.412 e. The zero-order chi connectivity index (χ0) is 24.6. The summed E-state index contributed by atoms with van der Waals surface area (Å²) in [6, 6.07) is 16.0. The van der Waals surface area contributed by atoms with E-state index in [1.807, 2.05) is 48.5 Å². The van der Waals surface area contributed by atoms with Crippen molar-refractivity contribution in [3.05, 3.63) is 71.4 Å². The van der Waals surface area contributed by atoms with Crippen molar-refractivity contribution in [3.8, 4) is 11.1 Å². The lowest BCUT2D eigenvalue weighted by atomic mass is 9.98. The number of nitrogens with one attached hydrogen (secondary N) is 2. The van der Waals surface area contributed by atoms with Gasteiger partial charge in [-0.1, -0.05) is 48.5 Å². The Balaban J connectivity index is 1.29. The van der Waals surface area contributed by atoms with E-state index in [2.05, 4.69) is 15.7 Å². The summed E-state index contributed by atoms with van der Waals surface area (Å²) in [6.07, 6.45) is 0.778. The number of rotatable bonds is 6. The van der Waals surface area contributed by atoms with Crippen molar-refractivity contribution < 1.29 is 29.0 Å². The second-order valence-corrected chi connectivity index (χ2v) is 8.66. The molecule has 10 nitrogen and oxygen atoms in total. The fraction of sp³-hybridized carbons (Fsp3) is 0.280. The number of hydrogen-bond donors (Lipinski definition) is 3. The third-order valence-corrected chi connectivity index (χ3v) is 6.42. The number of carboxylic acids is 1. The number of ether oxygens (including phenoxy) is 2. The molecule has 3 aromatic rings. The first-order valence-electron chi connectivity index (χ1n) is 11.2. The Morgan fingerprint density at radius 2 is 1.80 bits per heavy atom. The Morgan fingerprint density at radius 1 is 1.14 bits per heavy atom. The summed E-state index contributed by atoms with van der Waals surface area (Å²) in [5, 5.41) is 18.8. The number of carbonyl (C=O) groups is 3. The van der Waals surface area contributed by atoms with Crippen molar-refractivity contribution in [2.24, 2.45) is 7.05 Å². The van der Waals surface area contributed by atoms with E-state index < -0.39 is 23.5 Å². The van der Waals surface area contributed by atoms with Crippen molar-refractivity contribution >= 4 is 23.8 Å². The molecule has 2 aromatic carbocycles. The summed E-state index contributed by atoms with van der Waals surface area (Å²) in [5.74, 6) is -2.00. The van der Waals surface area contributed by atoms with Gasteiger partial charge in [-0.3, -0.25) is 14.8 Å². The van der Waals surface area contributed by atoms with Crippen molar-refractivity contribution in [1.82, 2.24) is 15.1 Å². The van der Waals surface area contributed by atoms with E-state index in [0.717, 1.165) is 22.3 Å². The minimum atomic E-state index is -1.52. The maximum absolute atomic E-state index is 12.9. The van der Waals surface area contributed by atoms with E-state index in [-0.39, 0.29) is 43.5 Å². The summed E-state index contributed by atoms with van der Waals surface area (Å²) >= 11 is 0. The lowest BCUT2D eigenvalue weighted by Crippen LogP contribution is -2.55. The van der Waals surface area contributed by atoms with Gasteiger partial charge in [-0.05, 0) is 22.3 Å². The van der Waals surface area contributed by atoms with E-state index in [0.29, 0.717) is 0 Å². The highest BCUT2D eigenvalue weighted by molar-refractivity contribution is 6.03. The van der Waals surface area contributed by atoms with Gasteiger partial charge in [0.25, 0.3) is 5.91 Å². The number of fused-ring (bicyclic) bond motifs is 3. The number of amides is 2. The Kier molecular flexibility index (Phi) is 5.73. The topological polar surface area (TPSA) is 132 Å². The molecule has 2 amide bonds. The van der Waals surface area contributed by atoms with Crippen LogP contribution in [0.15, 0.2) is 54.7 Å². The lowest BCUT2D eigenvalue weighted by Gasteiger charge is -2.23. The van der Waals surface area contributed by atoms with E-state index in [9.17, 15) is 19.5 Å². The first kappa shape index (κ1) is 22.6. The van der Waals surface area contributed by atoms with Crippen LogP contribution in [-0.2, 0) is 21.3 Å². The lowest BCUT2D eigenvalue weighted by molar-refractivity contribution is -0.144. The zero-order valence-electron chi connectivity index (χ0n) is 19.0. The molecule has 1 aliphatic heterocycles. The van der Waals surface area contributed by atoms with E-state index >= 15 is 0 Å². The maximum atomic E-state index is 12.9. The van der Waals surface area contributed by atoms with E-state index in [1.54, 1.807) is 7.05 Å². The van der Waals surface area contributed by atoms with Gasteiger partial charge < -0.3 is 19.9 Å². The second kappa shape index (κ2) is 8.88. The average Bonchev–Trinajstić information content (AvgIpc) is 3.54. The Hall–Kier alpha value is -4.18. The van der Waals surface area contributed by atoms with Gasteiger partial charge in [0, 0.05) is 32.2 Å². The molecule has 0 saturated carbocycles. The quantitative estimate of drug-likeness (QED) is 0.498. The predicted molar refractivity (Wildman–Crippen MR) is 125 cm³/mol. The number of aliphatic carboxylic acids is 1. The van der Waals surface area contributed by atoms with Gasteiger partial charge in [0.05, 0.1) is 6.61 Å². The monoisotopic (exact) mass is 476 g/mol. The average molecular weight is 476 g/mol. The van der Waals surface area contributed by atoms with Crippen LogP contribution in [0, 0.1) is 0 Å². The first-order chi connectivity index (χ1) is 16.9. The molecule has 3 N–H and O–H groups in total. The van der Waals surface area contributed by atoms with Crippen molar-refractivity contribution in [2.45, 2.75) is 17.9 Å². The van der Waals surface area contributed by atoms with Gasteiger partial charge in [0.1, 0.15) is 12.2 Å². The molecule has 1 saturated heterocycles. The van der Waals surface area contributed by atoms with Crippen LogP contribution in [-0.4, -0.2) is 58.2 Å². The van der Waals surface area contributed by atoms with Crippen LogP contribution in [0.5, 0.6) is 0 Å². The van der Waals surface area contributed by atoms with Crippen LogP contribution in [0.2, 0.25) is 0 Å². The van der Waals surface area contributed by atoms with Gasteiger partial charge >= 0.3 is 12.1 Å². The molecule has 1 fully saturated rings. The summed E-state index contributed by atoms with van der Waals surface area (Å²) in [6.45, 7) is 0.196. The first-order valence-corrected chi connectivity index (χ1v) is 11.2. The van der Waals surface area contributed by atoms with Crippen LogP contribution < -0.4 is 10.6 Å². The van der Waals surface area contributed by atoms with Gasteiger partial charge in [0.2, 0.25) is 0 Å². The third-order valence-electron chi connectivity index (χ3n) is 6.42. The molecule has 2 aliphatic rings. The fourth-order valence-electron chi connectivity index (χ4n) is 4.65. The smallest absolute Gasteiger partial charge is 0.412 e. The number of anilines is 1. The largest absolute Gasteiger partial charge is 0.479 e. The summed E-state index contributed by atoms with van der Waals surface area (Å²) in [4.78, 5) is 37.3. The van der Waals surface area contributed by atoms with E-state index in [1.165, 1.54) is 10.9 Å². The fourth-order valence-corrected chi connectivity index (χ4v) is 4.65. The van der Waals surface area contributed by atoms with Gasteiger partial charge in [-0.15, -0.1) is 0 Å². The van der Waals surface area contributed by atoms with Gasteiger partial charge in [-0.2, -0.15) is 5.10 Å². The third kappa shape index (κ3) is 4.12. The molecule has 35 heavy (non-hydrogen) atoms. The van der Waals surface area contributed by atoms with Crippen molar-refractivity contribution in [1.29, 1.82) is 0 Å². The molecule has 0 radical (unpaired) electrons. The number of benzene rings is 2. The molecule has 180 valence electrons. The number of aromatic nitrogens is 2. The Labute approximate surface area is 200 Å². The van der Waals surface area contributed by atoms with Crippen LogP contribution in [0.25, 0.3) is 11.1 Å². The Bertz CT molecular complexity index is 1270. The predicted octanol–water partition coefficient (Wildman–Crippen LogP) is 2.75. The van der Waals surface area contributed by atoms with Crippen LogP contribution >= 0.6 is 0 Å². The number of nitrogens with zero attached hydrogens (tertiary/aromatic N) is 2. The van der Waals surface area contributed by atoms with Crippen molar-refractivity contribution in [3.63, 3.8) is 0 Å². The molecule has 0 bridgehead atoms. The molecule has 10 heteroatoms. The second-order valence-electron chi connectivity index (χ2n) is 8.66. The molecule has 5 rings (SSSR count). The molecule has 0 spiro atoms. The van der Waals surface area contributed by atoms with Gasteiger partial charge in [-0.25, -0.2) is 9.59 Å². The van der Waals surface area contributed by atoms with Gasteiger partial charge in [0.15, 0.2) is 11.4 Å². The number of carbonyl (C=O) groups excluding carboxylic acids is 2. The SMILES string of the molecule is Cn1cc(C(=O)NC2(C(=O)O)CCOC2)c(NC(=O)OCC2c3ccccc3-c3ccccc32)n1. The molecule has 1 aliphatic carbocycles. The molecule has 1 aromatic heterocycles. The molecular formula is C25H24N4O6. The minimum Gasteiger partial charge on any atom is -0.479 e. The van der Waals surface area contributed by atoms with Crippen LogP contribution in [0.4, 0.5) is 10.6 Å². The standard InChI is InChI=1S/C25H24N4O6/c1-29-12-19(22(30)27-25(23(31)32)10-11-34-14-25)21(28-29)26-24(33)35-13-20-17-8-4-2-6-15(17)16-7-3-5-9-18(16)20/h2-9,12,20H,10-11,13-14H2,1H3,(H,27,30)(H,31,32)(H,26,28,33). The van der Waals surface area contributed by atoms with E-state index in [4.69, 9.17) is 9.47 Å². The molecule has 1 atom stereocenters. The summed E-state index contributed by atoms with van der Waals surface area (Å²) in [7, 11) is 1.59. The molecule has 2 heterocycles. The molecular weight excluding hydrogens is 452 g/mol. The minimum absolute atomic E-state index is 0.0218. The number of aryl methyl sites for hydroxylation is 1. The highest BCUT2D eigenvalue weighted by atomic mass is 16.5. The number of carboxylic acid groups (broad SMARTS) is 1. The van der Waals surface area contributed by atoms with Crippen LogP contribution in [0.3, 0.4) is 0 Å². The highest BCUT2D eigenvalue weighted by Gasteiger charge is 2.44. The normalized spacial score (nSPS) is 18.5. The van der Waals surface area contributed by atoms with Crippen molar-refractivity contribution in [2.75, 3.05) is 25.1 Å². The zero-order valence-corrected chi connectivity index (χ0v) is 19.0. The summed E-state index contributed by atoms with van der Waals surface area (Å²) < 4.78 is 12.1. The number of hydrogen-bond acceptors (Lipinski definition) is 6. The van der Waals surface area contributed by atoms with Crippen LogP contribution in [0.1, 0.15) is 33.8 Å². The highest BCUT2D eigenvalue weighted by Crippen LogP contribution is 2.44. The summed E-state index contributed by atoms with van der Waals surface area (Å²) in [5.41, 5.74) is 2.89.